The van der Waals surface area contributed by atoms with E-state index in [1.165, 1.54) is 4.90 Å². The number of aliphatic hydroxyl groups is 1. The molecule has 2 aromatic carbocycles. The van der Waals surface area contributed by atoms with Gasteiger partial charge in [-0.15, -0.1) is 11.3 Å². The molecular weight excluding hydrogens is 655 g/mol. The van der Waals surface area contributed by atoms with Gasteiger partial charge in [0.05, 0.1) is 34.2 Å². The fraction of sp³-hybridized carbons (Fsp3) is 0.500. The number of nitrogens with one attached hydrogen (secondary N) is 3. The van der Waals surface area contributed by atoms with Crippen molar-refractivity contribution in [3.05, 3.63) is 76.9 Å². The number of benzene rings is 2. The molecule has 1 saturated heterocycles. The molecule has 4 rings (SSSR count). The van der Waals surface area contributed by atoms with Crippen molar-refractivity contribution in [3.8, 4) is 10.4 Å². The molecule has 0 radical (unpaired) electrons. The molecule has 1 aromatic heterocycles. The van der Waals surface area contributed by atoms with E-state index in [4.69, 9.17) is 4.74 Å². The summed E-state index contributed by atoms with van der Waals surface area (Å²) in [4.78, 5) is 61.6. The fourth-order valence-electron chi connectivity index (χ4n) is 6.16. The summed E-state index contributed by atoms with van der Waals surface area (Å²) in [5.74, 6) is -1.75. The monoisotopic (exact) mass is 705 g/mol. The molecule has 270 valence electrons. The summed E-state index contributed by atoms with van der Waals surface area (Å²) in [5.41, 5.74) is 4.05. The van der Waals surface area contributed by atoms with Crippen LogP contribution in [-0.4, -0.2) is 81.6 Å². The lowest BCUT2D eigenvalue weighted by Crippen LogP contribution is -2.60. The second kappa shape index (κ2) is 16.7. The predicted octanol–water partition coefficient (Wildman–Crippen LogP) is 4.16. The molecule has 12 heteroatoms. The van der Waals surface area contributed by atoms with Crippen LogP contribution in [0.3, 0.4) is 0 Å². The summed E-state index contributed by atoms with van der Waals surface area (Å²) in [6.45, 7) is 13.6. The van der Waals surface area contributed by atoms with Crippen molar-refractivity contribution in [2.75, 3.05) is 13.2 Å². The van der Waals surface area contributed by atoms with Crippen molar-refractivity contribution >= 4 is 35.0 Å². The number of amides is 4. The molecule has 50 heavy (non-hydrogen) atoms. The van der Waals surface area contributed by atoms with Gasteiger partial charge in [-0.05, 0) is 49.8 Å². The lowest BCUT2D eigenvalue weighted by Gasteiger charge is -2.36. The van der Waals surface area contributed by atoms with E-state index in [2.05, 4.69) is 20.9 Å². The van der Waals surface area contributed by atoms with Crippen LogP contribution in [0.4, 0.5) is 0 Å². The molecule has 1 aliphatic heterocycles. The summed E-state index contributed by atoms with van der Waals surface area (Å²) in [7, 11) is 0. The zero-order valence-corrected chi connectivity index (χ0v) is 30.9. The van der Waals surface area contributed by atoms with Gasteiger partial charge in [0.25, 0.3) is 0 Å². The van der Waals surface area contributed by atoms with Gasteiger partial charge in [-0.3, -0.25) is 19.2 Å². The SMILES string of the molecule is CCOC(C)(C)CC(=O)N[C@@H](Cc1ccccc1)C(=O)NC(C(=O)N1C[C@H](O)C[C@H]1C(=O)NCc1ccc(-c2scnc2C)cc1)C(C)(C)C. The Morgan fingerprint density at radius 1 is 1.00 bits per heavy atom. The molecule has 0 saturated carbocycles. The molecule has 1 fully saturated rings. The molecule has 1 aliphatic rings. The molecule has 11 nitrogen and oxygen atoms in total. The Kier molecular flexibility index (Phi) is 12.9. The first kappa shape index (κ1) is 38.7. The van der Waals surface area contributed by atoms with E-state index in [-0.39, 0.29) is 44.2 Å². The Morgan fingerprint density at radius 2 is 1.68 bits per heavy atom. The predicted molar refractivity (Wildman–Crippen MR) is 194 cm³/mol. The number of carbonyl (C=O) groups is 4. The van der Waals surface area contributed by atoms with Gasteiger partial charge in [0.15, 0.2) is 0 Å². The van der Waals surface area contributed by atoms with Crippen LogP contribution in [0.1, 0.15) is 71.2 Å². The van der Waals surface area contributed by atoms with Crippen LogP contribution in [-0.2, 0) is 36.9 Å². The van der Waals surface area contributed by atoms with E-state index in [9.17, 15) is 24.3 Å². The second-order valence-electron chi connectivity index (χ2n) is 14.6. The topological polar surface area (TPSA) is 150 Å². The number of aromatic nitrogens is 1. The summed E-state index contributed by atoms with van der Waals surface area (Å²) >= 11 is 1.57. The van der Waals surface area contributed by atoms with E-state index in [0.29, 0.717) is 6.61 Å². The number of thiazole rings is 1. The minimum absolute atomic E-state index is 0.0411. The maximum absolute atomic E-state index is 14.2. The number of rotatable bonds is 14. The van der Waals surface area contributed by atoms with Gasteiger partial charge in [-0.2, -0.15) is 0 Å². The average Bonchev–Trinajstić information content (AvgIpc) is 3.66. The molecule has 3 aromatic rings. The minimum atomic E-state index is -1.05. The van der Waals surface area contributed by atoms with Crippen LogP contribution < -0.4 is 16.0 Å². The first-order valence-electron chi connectivity index (χ1n) is 17.1. The van der Waals surface area contributed by atoms with Gasteiger partial charge in [-0.1, -0.05) is 75.4 Å². The van der Waals surface area contributed by atoms with Crippen molar-refractivity contribution < 1.29 is 29.0 Å². The summed E-state index contributed by atoms with van der Waals surface area (Å²) < 4.78 is 5.69. The summed E-state index contributed by atoms with van der Waals surface area (Å²) in [6, 6.07) is 14.2. The standard InChI is InChI=1S/C38H51N5O6S/c1-8-49-38(6,7)20-31(45)41-29(18-25-12-10-9-11-13-25)34(46)42-33(37(3,4)5)36(48)43-22-28(44)19-30(43)35(47)39-21-26-14-16-27(17-15-26)32-24(2)40-23-50-32/h9-17,23,28-30,33,44H,8,18-22H2,1-7H3,(H,39,47)(H,41,45)(H,42,46)/t28-,29+,30+,33?/m1/s1. The van der Waals surface area contributed by atoms with E-state index < -0.39 is 47.1 Å². The summed E-state index contributed by atoms with van der Waals surface area (Å²) in [5, 5.41) is 19.3. The van der Waals surface area contributed by atoms with Crippen molar-refractivity contribution in [2.24, 2.45) is 5.41 Å². The van der Waals surface area contributed by atoms with Gasteiger partial charge < -0.3 is 30.7 Å². The third-order valence-electron chi connectivity index (χ3n) is 8.75. The molecule has 2 heterocycles. The highest BCUT2D eigenvalue weighted by Gasteiger charge is 2.45. The highest BCUT2D eigenvalue weighted by Crippen LogP contribution is 2.28. The number of aliphatic hydroxyl groups excluding tert-OH is 1. The Labute approximate surface area is 299 Å². The maximum atomic E-state index is 14.2. The number of likely N-dealkylation sites (tertiary alicyclic amines) is 1. The number of hydrogen-bond donors (Lipinski definition) is 4. The molecule has 1 unspecified atom stereocenters. The number of β-amino-alcohol motifs (C(OH)–C–C–N with tert-alkyl or cyclic N) is 1. The summed E-state index contributed by atoms with van der Waals surface area (Å²) in [6.07, 6.45) is -0.573. The van der Waals surface area contributed by atoms with Gasteiger partial charge in [0.2, 0.25) is 23.6 Å². The molecule has 4 atom stereocenters. The van der Waals surface area contributed by atoms with Crippen LogP contribution in [0.15, 0.2) is 60.1 Å². The van der Waals surface area contributed by atoms with Crippen LogP contribution >= 0.6 is 11.3 Å². The lowest BCUT2D eigenvalue weighted by atomic mass is 9.85. The highest BCUT2D eigenvalue weighted by atomic mass is 32.1. The first-order chi connectivity index (χ1) is 23.6. The lowest BCUT2D eigenvalue weighted by molar-refractivity contribution is -0.144. The number of nitrogens with zero attached hydrogens (tertiary/aromatic N) is 2. The quantitative estimate of drug-likeness (QED) is 0.197. The zero-order valence-electron chi connectivity index (χ0n) is 30.1. The van der Waals surface area contributed by atoms with E-state index >= 15 is 0 Å². The molecule has 4 N–H and O–H groups in total. The Bertz CT molecular complexity index is 1620. The largest absolute Gasteiger partial charge is 0.391 e. The molecule has 0 spiro atoms. The van der Waals surface area contributed by atoms with Crippen molar-refractivity contribution in [1.29, 1.82) is 0 Å². The molecular formula is C38H51N5O6S. The average molecular weight is 706 g/mol. The third-order valence-corrected chi connectivity index (χ3v) is 9.73. The number of ether oxygens (including phenoxy) is 1. The van der Waals surface area contributed by atoms with E-state index in [0.717, 1.165) is 27.3 Å². The van der Waals surface area contributed by atoms with Crippen LogP contribution in [0.2, 0.25) is 0 Å². The third kappa shape index (κ3) is 10.4. The van der Waals surface area contributed by atoms with Crippen molar-refractivity contribution in [3.63, 3.8) is 0 Å². The molecule has 0 bridgehead atoms. The highest BCUT2D eigenvalue weighted by molar-refractivity contribution is 7.13. The number of hydrogen-bond acceptors (Lipinski definition) is 8. The Balaban J connectivity index is 1.47. The normalized spacial score (nSPS) is 17.6. The van der Waals surface area contributed by atoms with E-state index in [1.54, 1.807) is 11.3 Å². The first-order valence-corrected chi connectivity index (χ1v) is 18.0. The smallest absolute Gasteiger partial charge is 0.246 e. The van der Waals surface area contributed by atoms with Crippen LogP contribution in [0, 0.1) is 12.3 Å². The van der Waals surface area contributed by atoms with Gasteiger partial charge in [-0.25, -0.2) is 4.98 Å². The number of aryl methyl sites for hydroxylation is 1. The van der Waals surface area contributed by atoms with Gasteiger partial charge in [0, 0.05) is 32.5 Å². The van der Waals surface area contributed by atoms with Gasteiger partial charge in [0.1, 0.15) is 18.1 Å². The maximum Gasteiger partial charge on any atom is 0.246 e. The van der Waals surface area contributed by atoms with Crippen LogP contribution in [0.25, 0.3) is 10.4 Å². The van der Waals surface area contributed by atoms with Crippen molar-refractivity contribution in [2.45, 2.75) is 104 Å². The van der Waals surface area contributed by atoms with E-state index in [1.807, 2.05) is 109 Å². The zero-order chi connectivity index (χ0) is 36.6. The second-order valence-corrected chi connectivity index (χ2v) is 15.4. The fourth-order valence-corrected chi connectivity index (χ4v) is 6.97. The Morgan fingerprint density at radius 3 is 2.28 bits per heavy atom. The molecule has 0 aliphatic carbocycles. The molecule has 4 amide bonds. The van der Waals surface area contributed by atoms with Crippen molar-refractivity contribution in [1.82, 2.24) is 25.8 Å². The Hall–Kier alpha value is -4.13. The number of carbonyl (C=O) groups excluding carboxylic acids is 4. The van der Waals surface area contributed by atoms with Crippen LogP contribution in [0.5, 0.6) is 0 Å². The minimum Gasteiger partial charge on any atom is -0.391 e. The van der Waals surface area contributed by atoms with Gasteiger partial charge >= 0.3 is 0 Å².